The normalized spacial score (nSPS) is 18.4. The Hall–Kier alpha value is -1.80. The number of aryl methyl sites for hydroxylation is 1. The molecule has 0 aliphatic carbocycles. The highest BCUT2D eigenvalue weighted by molar-refractivity contribution is 7.11. The minimum Gasteiger partial charge on any atom is -0.337 e. The predicted molar refractivity (Wildman–Crippen MR) is 93.1 cm³/mol. The van der Waals surface area contributed by atoms with E-state index in [4.69, 9.17) is 0 Å². The summed E-state index contributed by atoms with van der Waals surface area (Å²) in [5, 5.41) is 8.73. The van der Waals surface area contributed by atoms with Gasteiger partial charge in [0, 0.05) is 26.1 Å². The number of carbonyl (C=O) groups excluding carboxylic acids is 1. The average Bonchev–Trinajstić information content (AvgIpc) is 3.13. The lowest BCUT2D eigenvalue weighted by Gasteiger charge is -2.32. The lowest BCUT2D eigenvalue weighted by atomic mass is 9.97. The third-order valence-electron chi connectivity index (χ3n) is 4.47. The van der Waals surface area contributed by atoms with E-state index in [0.717, 1.165) is 48.2 Å². The van der Waals surface area contributed by atoms with Crippen molar-refractivity contribution in [3.63, 3.8) is 0 Å². The first-order chi connectivity index (χ1) is 11.5. The Bertz CT molecular complexity index is 722. The van der Waals surface area contributed by atoms with Crippen molar-refractivity contribution < 1.29 is 4.79 Å². The summed E-state index contributed by atoms with van der Waals surface area (Å²) in [7, 11) is 6.06. The maximum atomic E-state index is 12.7. The number of hydrogen-bond acceptors (Lipinski definition) is 6. The van der Waals surface area contributed by atoms with Crippen LogP contribution in [0.3, 0.4) is 0 Å². The first-order valence-electron chi connectivity index (χ1n) is 8.19. The Balaban J connectivity index is 1.75. The van der Waals surface area contributed by atoms with Crippen LogP contribution in [-0.2, 0) is 13.6 Å². The van der Waals surface area contributed by atoms with Gasteiger partial charge in [-0.05, 0) is 33.9 Å². The van der Waals surface area contributed by atoms with E-state index < -0.39 is 0 Å². The number of likely N-dealkylation sites (tertiary alicyclic amines) is 1. The Morgan fingerprint density at radius 3 is 2.88 bits per heavy atom. The van der Waals surface area contributed by atoms with Crippen LogP contribution in [0.25, 0.3) is 0 Å². The zero-order valence-corrected chi connectivity index (χ0v) is 15.5. The lowest BCUT2D eigenvalue weighted by molar-refractivity contribution is 0.0707. The van der Waals surface area contributed by atoms with Crippen molar-refractivity contribution in [1.29, 1.82) is 0 Å². The minimum absolute atomic E-state index is 0.0929. The van der Waals surface area contributed by atoms with Gasteiger partial charge in [0.25, 0.3) is 5.91 Å². The summed E-state index contributed by atoms with van der Waals surface area (Å²) in [6.45, 7) is 4.15. The maximum absolute atomic E-state index is 12.7. The third-order valence-corrected chi connectivity index (χ3v) is 5.39. The Kier molecular flexibility index (Phi) is 4.96. The summed E-state index contributed by atoms with van der Waals surface area (Å²) in [5.41, 5.74) is 2.55. The summed E-state index contributed by atoms with van der Waals surface area (Å²) in [5.74, 6) is 2.27. The molecule has 0 aromatic carbocycles. The molecule has 3 heterocycles. The molecule has 0 saturated carbocycles. The number of thiazole rings is 1. The van der Waals surface area contributed by atoms with E-state index in [1.54, 1.807) is 5.51 Å². The van der Waals surface area contributed by atoms with Crippen LogP contribution in [0.2, 0.25) is 0 Å². The first kappa shape index (κ1) is 17.0. The fourth-order valence-corrected chi connectivity index (χ4v) is 3.94. The Morgan fingerprint density at radius 2 is 2.21 bits per heavy atom. The van der Waals surface area contributed by atoms with E-state index in [2.05, 4.69) is 24.6 Å². The molecule has 0 N–H and O–H groups in total. The van der Waals surface area contributed by atoms with Crippen LogP contribution in [0.4, 0.5) is 0 Å². The largest absolute Gasteiger partial charge is 0.337 e. The highest BCUT2D eigenvalue weighted by Gasteiger charge is 2.30. The molecule has 0 unspecified atom stereocenters. The van der Waals surface area contributed by atoms with Crippen molar-refractivity contribution in [3.05, 3.63) is 27.7 Å². The molecule has 1 fully saturated rings. The number of hydrogen-bond donors (Lipinski definition) is 0. The van der Waals surface area contributed by atoms with Crippen molar-refractivity contribution in [1.82, 2.24) is 29.5 Å². The second kappa shape index (κ2) is 6.98. The topological polar surface area (TPSA) is 67.2 Å². The fourth-order valence-electron chi connectivity index (χ4n) is 3.17. The van der Waals surface area contributed by atoms with Crippen molar-refractivity contribution in [3.8, 4) is 0 Å². The molecule has 1 amide bonds. The number of aromatic nitrogens is 4. The number of amides is 1. The number of rotatable bonds is 4. The molecule has 2 aromatic heterocycles. The fraction of sp³-hybridized carbons (Fsp3) is 0.625. The van der Waals surface area contributed by atoms with Gasteiger partial charge in [-0.3, -0.25) is 4.79 Å². The number of carbonyl (C=O) groups is 1. The van der Waals surface area contributed by atoms with E-state index in [1.165, 1.54) is 11.3 Å². The maximum Gasteiger partial charge on any atom is 0.265 e. The first-order valence-corrected chi connectivity index (χ1v) is 9.07. The molecular weight excluding hydrogens is 324 g/mol. The zero-order valence-electron chi connectivity index (χ0n) is 14.7. The van der Waals surface area contributed by atoms with Crippen LogP contribution < -0.4 is 0 Å². The molecule has 0 spiro atoms. The minimum atomic E-state index is 0.0929. The van der Waals surface area contributed by atoms with Gasteiger partial charge >= 0.3 is 0 Å². The van der Waals surface area contributed by atoms with Gasteiger partial charge in [0.15, 0.2) is 0 Å². The van der Waals surface area contributed by atoms with Crippen LogP contribution in [-0.4, -0.2) is 62.6 Å². The highest BCUT2D eigenvalue weighted by Crippen LogP contribution is 2.28. The van der Waals surface area contributed by atoms with Crippen LogP contribution in [0.15, 0.2) is 5.51 Å². The van der Waals surface area contributed by atoms with Crippen LogP contribution in [0.1, 0.15) is 45.8 Å². The molecule has 1 aliphatic rings. The molecule has 24 heavy (non-hydrogen) atoms. The predicted octanol–water partition coefficient (Wildman–Crippen LogP) is 1.66. The second-order valence-electron chi connectivity index (χ2n) is 6.63. The summed E-state index contributed by atoms with van der Waals surface area (Å²) >= 11 is 1.42. The molecule has 3 rings (SSSR count). The molecular formula is C16H24N6OS. The smallest absolute Gasteiger partial charge is 0.265 e. The van der Waals surface area contributed by atoms with E-state index in [0.29, 0.717) is 6.54 Å². The van der Waals surface area contributed by atoms with Crippen LogP contribution in [0, 0.1) is 6.92 Å². The monoisotopic (exact) mass is 348 g/mol. The van der Waals surface area contributed by atoms with Crippen LogP contribution in [0.5, 0.6) is 0 Å². The average molecular weight is 348 g/mol. The van der Waals surface area contributed by atoms with Crippen molar-refractivity contribution >= 4 is 17.2 Å². The van der Waals surface area contributed by atoms with Gasteiger partial charge in [-0.25, -0.2) is 4.98 Å². The van der Waals surface area contributed by atoms with Gasteiger partial charge in [0.05, 0.1) is 17.7 Å². The molecule has 1 aliphatic heterocycles. The van der Waals surface area contributed by atoms with Crippen molar-refractivity contribution in [2.75, 3.05) is 27.2 Å². The quantitative estimate of drug-likeness (QED) is 0.841. The van der Waals surface area contributed by atoms with Gasteiger partial charge in [-0.1, -0.05) is 0 Å². The number of piperidine rings is 1. The SMILES string of the molecule is Cc1ncsc1C(=O)N1CCC[C@H](c2nnc(CN(C)C)n2C)C1. The van der Waals surface area contributed by atoms with E-state index in [-0.39, 0.29) is 11.8 Å². The molecule has 0 radical (unpaired) electrons. The standard InChI is InChI=1S/C16H24N6OS/c1-11-14(24-10-17-11)16(23)22-7-5-6-12(8-22)15-19-18-13(21(15)4)9-20(2)3/h10,12H,5-9H2,1-4H3/t12-/m0/s1. The Labute approximate surface area is 146 Å². The summed E-state index contributed by atoms with van der Waals surface area (Å²) in [6, 6.07) is 0. The van der Waals surface area contributed by atoms with Crippen molar-refractivity contribution in [2.24, 2.45) is 7.05 Å². The van der Waals surface area contributed by atoms with Gasteiger partial charge in [0.1, 0.15) is 16.5 Å². The molecule has 7 nitrogen and oxygen atoms in total. The van der Waals surface area contributed by atoms with Gasteiger partial charge in [0.2, 0.25) is 0 Å². The molecule has 8 heteroatoms. The van der Waals surface area contributed by atoms with Gasteiger partial charge < -0.3 is 14.4 Å². The summed E-state index contributed by atoms with van der Waals surface area (Å²) < 4.78 is 2.08. The van der Waals surface area contributed by atoms with E-state index in [1.807, 2.05) is 33.0 Å². The molecule has 1 saturated heterocycles. The number of nitrogens with zero attached hydrogens (tertiary/aromatic N) is 6. The second-order valence-corrected chi connectivity index (χ2v) is 7.48. The lowest BCUT2D eigenvalue weighted by Crippen LogP contribution is -2.39. The molecule has 130 valence electrons. The molecule has 1 atom stereocenters. The summed E-state index contributed by atoms with van der Waals surface area (Å²) in [6.07, 6.45) is 2.03. The highest BCUT2D eigenvalue weighted by atomic mass is 32.1. The van der Waals surface area contributed by atoms with Crippen LogP contribution >= 0.6 is 11.3 Å². The third kappa shape index (κ3) is 3.34. The Morgan fingerprint density at radius 1 is 1.42 bits per heavy atom. The summed E-state index contributed by atoms with van der Waals surface area (Å²) in [4.78, 5) is 21.7. The zero-order chi connectivity index (χ0) is 17.3. The molecule has 0 bridgehead atoms. The van der Waals surface area contributed by atoms with E-state index >= 15 is 0 Å². The van der Waals surface area contributed by atoms with E-state index in [9.17, 15) is 4.79 Å². The van der Waals surface area contributed by atoms with Gasteiger partial charge in [-0.2, -0.15) is 0 Å². The van der Waals surface area contributed by atoms with Crippen molar-refractivity contribution in [2.45, 2.75) is 32.2 Å². The van der Waals surface area contributed by atoms with Gasteiger partial charge in [-0.15, -0.1) is 21.5 Å². The molecule has 2 aromatic rings.